The van der Waals surface area contributed by atoms with Crippen molar-refractivity contribution in [3.8, 4) is 0 Å². The topological polar surface area (TPSA) is 87.5 Å². The molecular formula is C16H19N5O3S. The number of para-hydroxylation sites is 1. The molecule has 132 valence electrons. The van der Waals surface area contributed by atoms with Crippen molar-refractivity contribution in [1.29, 1.82) is 0 Å². The van der Waals surface area contributed by atoms with Crippen LogP contribution in [-0.4, -0.2) is 54.0 Å². The summed E-state index contributed by atoms with van der Waals surface area (Å²) in [4.78, 5) is 13.7. The number of likely N-dealkylation sites (tertiary alicyclic amines) is 1. The van der Waals surface area contributed by atoms with Gasteiger partial charge in [0.05, 0.1) is 17.6 Å². The van der Waals surface area contributed by atoms with Gasteiger partial charge < -0.3 is 10.2 Å². The summed E-state index contributed by atoms with van der Waals surface area (Å²) in [6, 6.07) is 7.26. The largest absolute Gasteiger partial charge is 0.322 e. The molecule has 0 aliphatic carbocycles. The average molecular weight is 361 g/mol. The van der Waals surface area contributed by atoms with Gasteiger partial charge in [0.2, 0.25) is 10.0 Å². The standard InChI is InChI=1S/C16H19N5O3S/c1-19-9-13(8-17-19)18-16(22)20-10-14(11-20)25(23,24)21-7-6-12-4-2-3-5-15(12)21/h2-5,8-9,14H,6-7,10-11H2,1H3,(H,18,22). The van der Waals surface area contributed by atoms with Crippen LogP contribution in [-0.2, 0) is 23.5 Å². The van der Waals surface area contributed by atoms with E-state index >= 15 is 0 Å². The molecule has 0 bridgehead atoms. The van der Waals surface area contributed by atoms with Gasteiger partial charge in [-0.2, -0.15) is 5.10 Å². The molecule has 0 saturated carbocycles. The molecule has 8 nitrogen and oxygen atoms in total. The highest BCUT2D eigenvalue weighted by atomic mass is 32.2. The Balaban J connectivity index is 1.41. The molecule has 2 amide bonds. The van der Waals surface area contributed by atoms with Crippen molar-refractivity contribution in [3.63, 3.8) is 0 Å². The van der Waals surface area contributed by atoms with E-state index in [1.807, 2.05) is 24.3 Å². The Morgan fingerprint density at radius 3 is 2.76 bits per heavy atom. The lowest BCUT2D eigenvalue weighted by Gasteiger charge is -2.40. The number of carbonyl (C=O) groups is 1. The predicted octanol–water partition coefficient (Wildman–Crippen LogP) is 1.03. The lowest BCUT2D eigenvalue weighted by molar-refractivity contribution is 0.182. The van der Waals surface area contributed by atoms with Crippen molar-refractivity contribution in [2.24, 2.45) is 7.05 Å². The van der Waals surface area contributed by atoms with Crippen molar-refractivity contribution in [3.05, 3.63) is 42.2 Å². The Kier molecular flexibility index (Phi) is 3.68. The fraction of sp³-hybridized carbons (Fsp3) is 0.375. The van der Waals surface area contributed by atoms with Crippen LogP contribution in [0, 0.1) is 0 Å². The number of hydrogen-bond acceptors (Lipinski definition) is 4. The minimum atomic E-state index is -3.46. The maximum absolute atomic E-state index is 12.9. The van der Waals surface area contributed by atoms with E-state index in [1.54, 1.807) is 24.1 Å². The van der Waals surface area contributed by atoms with Gasteiger partial charge >= 0.3 is 6.03 Å². The lowest BCUT2D eigenvalue weighted by Crippen LogP contribution is -2.60. The predicted molar refractivity (Wildman–Crippen MR) is 94.0 cm³/mol. The SMILES string of the molecule is Cn1cc(NC(=O)N2CC(S(=O)(=O)N3CCc4ccccc43)C2)cn1. The van der Waals surface area contributed by atoms with E-state index in [2.05, 4.69) is 10.4 Å². The van der Waals surface area contributed by atoms with E-state index in [4.69, 9.17) is 0 Å². The maximum atomic E-state index is 12.9. The molecular weight excluding hydrogens is 342 g/mol. The minimum absolute atomic E-state index is 0.201. The first-order valence-corrected chi connectivity index (χ1v) is 9.59. The summed E-state index contributed by atoms with van der Waals surface area (Å²) in [6.07, 6.45) is 3.97. The van der Waals surface area contributed by atoms with Crippen molar-refractivity contribution in [2.75, 3.05) is 29.3 Å². The molecule has 0 atom stereocenters. The average Bonchev–Trinajstić information content (AvgIpc) is 3.11. The Morgan fingerprint density at radius 1 is 1.28 bits per heavy atom. The number of hydrogen-bond donors (Lipinski definition) is 1. The van der Waals surface area contributed by atoms with Crippen LogP contribution in [0.4, 0.5) is 16.2 Å². The number of nitrogens with one attached hydrogen (secondary N) is 1. The van der Waals surface area contributed by atoms with Gasteiger partial charge in [-0.1, -0.05) is 18.2 Å². The zero-order valence-electron chi connectivity index (χ0n) is 13.8. The number of aromatic nitrogens is 2. The highest BCUT2D eigenvalue weighted by molar-refractivity contribution is 7.93. The molecule has 2 aliphatic rings. The highest BCUT2D eigenvalue weighted by Crippen LogP contribution is 2.33. The number of amides is 2. The van der Waals surface area contributed by atoms with E-state index in [0.29, 0.717) is 12.2 Å². The summed E-state index contributed by atoms with van der Waals surface area (Å²) in [7, 11) is -1.70. The number of sulfonamides is 1. The number of carbonyl (C=O) groups excluding carboxylic acids is 1. The summed E-state index contributed by atoms with van der Waals surface area (Å²) >= 11 is 0. The molecule has 2 aliphatic heterocycles. The van der Waals surface area contributed by atoms with E-state index in [1.165, 1.54) is 9.21 Å². The van der Waals surface area contributed by atoms with E-state index < -0.39 is 15.3 Å². The monoisotopic (exact) mass is 361 g/mol. The van der Waals surface area contributed by atoms with Gasteiger partial charge in [0, 0.05) is 32.9 Å². The zero-order valence-corrected chi connectivity index (χ0v) is 14.6. The molecule has 4 rings (SSSR count). The van der Waals surface area contributed by atoms with Gasteiger partial charge in [-0.05, 0) is 18.1 Å². The molecule has 1 fully saturated rings. The smallest absolute Gasteiger partial charge is 0.322 e. The third-order valence-corrected chi connectivity index (χ3v) is 6.80. The number of urea groups is 1. The van der Waals surface area contributed by atoms with Crippen molar-refractivity contribution >= 4 is 27.4 Å². The Bertz CT molecular complexity index is 917. The van der Waals surface area contributed by atoms with Crippen LogP contribution >= 0.6 is 0 Å². The summed E-state index contributed by atoms with van der Waals surface area (Å²) in [5.74, 6) is 0. The molecule has 3 heterocycles. The number of fused-ring (bicyclic) bond motifs is 1. The zero-order chi connectivity index (χ0) is 17.6. The third-order valence-electron chi connectivity index (χ3n) is 4.66. The summed E-state index contributed by atoms with van der Waals surface area (Å²) in [5.41, 5.74) is 2.41. The highest BCUT2D eigenvalue weighted by Gasteiger charge is 2.44. The Labute approximate surface area is 146 Å². The van der Waals surface area contributed by atoms with E-state index in [-0.39, 0.29) is 19.1 Å². The summed E-state index contributed by atoms with van der Waals surface area (Å²) in [5, 5.41) is 6.14. The van der Waals surface area contributed by atoms with E-state index in [9.17, 15) is 13.2 Å². The molecule has 9 heteroatoms. The number of aryl methyl sites for hydroxylation is 1. The summed E-state index contributed by atoms with van der Waals surface area (Å²) < 4.78 is 28.8. The first-order valence-electron chi connectivity index (χ1n) is 8.09. The van der Waals surface area contributed by atoms with Crippen molar-refractivity contribution in [1.82, 2.24) is 14.7 Å². The van der Waals surface area contributed by atoms with Crippen LogP contribution in [0.2, 0.25) is 0 Å². The normalized spacial score (nSPS) is 17.3. The molecule has 1 saturated heterocycles. The number of benzene rings is 1. The van der Waals surface area contributed by atoms with Crippen LogP contribution < -0.4 is 9.62 Å². The molecule has 0 spiro atoms. The second kappa shape index (κ2) is 5.76. The second-order valence-corrected chi connectivity index (χ2v) is 8.49. The number of nitrogens with zero attached hydrogens (tertiary/aromatic N) is 4. The number of rotatable bonds is 3. The molecule has 2 aromatic rings. The fourth-order valence-corrected chi connectivity index (χ4v) is 5.13. The van der Waals surface area contributed by atoms with E-state index in [0.717, 1.165) is 17.7 Å². The molecule has 1 aromatic carbocycles. The molecule has 1 aromatic heterocycles. The van der Waals surface area contributed by atoms with Gasteiger partial charge in [-0.25, -0.2) is 13.2 Å². The van der Waals surface area contributed by atoms with Crippen LogP contribution in [0.5, 0.6) is 0 Å². The van der Waals surface area contributed by atoms with Gasteiger partial charge in [-0.15, -0.1) is 0 Å². The molecule has 0 unspecified atom stereocenters. The quantitative estimate of drug-likeness (QED) is 0.884. The van der Waals surface area contributed by atoms with Gasteiger partial charge in [-0.3, -0.25) is 8.99 Å². The van der Waals surface area contributed by atoms with Crippen LogP contribution in [0.3, 0.4) is 0 Å². The van der Waals surface area contributed by atoms with Gasteiger partial charge in [0.25, 0.3) is 0 Å². The Morgan fingerprint density at radius 2 is 2.04 bits per heavy atom. The van der Waals surface area contributed by atoms with Crippen LogP contribution in [0.25, 0.3) is 0 Å². The van der Waals surface area contributed by atoms with Crippen molar-refractivity contribution in [2.45, 2.75) is 11.7 Å². The molecule has 0 radical (unpaired) electrons. The maximum Gasteiger partial charge on any atom is 0.322 e. The first-order chi connectivity index (χ1) is 11.9. The second-order valence-electron chi connectivity index (χ2n) is 6.36. The molecule has 1 N–H and O–H groups in total. The third kappa shape index (κ3) is 2.74. The van der Waals surface area contributed by atoms with Crippen molar-refractivity contribution < 1.29 is 13.2 Å². The number of anilines is 2. The van der Waals surface area contributed by atoms with Crippen LogP contribution in [0.1, 0.15) is 5.56 Å². The lowest BCUT2D eigenvalue weighted by atomic mass is 10.2. The van der Waals surface area contributed by atoms with Gasteiger partial charge in [0.15, 0.2) is 0 Å². The Hall–Kier alpha value is -2.55. The first kappa shape index (κ1) is 15.9. The summed E-state index contributed by atoms with van der Waals surface area (Å²) in [6.45, 7) is 0.875. The molecule has 25 heavy (non-hydrogen) atoms. The van der Waals surface area contributed by atoms with Crippen LogP contribution in [0.15, 0.2) is 36.7 Å². The fourth-order valence-electron chi connectivity index (χ4n) is 3.23. The minimum Gasteiger partial charge on any atom is -0.322 e. The van der Waals surface area contributed by atoms with Gasteiger partial charge in [0.1, 0.15) is 5.25 Å².